The van der Waals surface area contributed by atoms with Crippen molar-refractivity contribution in [3.8, 4) is 0 Å². The third-order valence-corrected chi connectivity index (χ3v) is 13.4. The van der Waals surface area contributed by atoms with E-state index in [9.17, 15) is 19.5 Å². The molecule has 0 aromatic carbocycles. The fourth-order valence-corrected chi connectivity index (χ4v) is 8.98. The van der Waals surface area contributed by atoms with Gasteiger partial charge in [-0.05, 0) is 96.3 Å². The van der Waals surface area contributed by atoms with Gasteiger partial charge in [0.25, 0.3) is 0 Å². The van der Waals surface area contributed by atoms with Gasteiger partial charge in [0.1, 0.15) is 18.8 Å². The molecule has 0 bridgehead atoms. The Balaban J connectivity index is 2.50. The molecule has 1 rings (SSSR count). The van der Waals surface area contributed by atoms with Gasteiger partial charge in [0, 0.05) is 19.3 Å². The molecule has 1 aliphatic rings. The minimum absolute atomic E-state index is 0.0544. The molecule has 8 heteroatoms. The standard InChI is InChI=1S/C60H108O8/c1-4-7-10-13-16-19-22-25-28-31-34-37-40-43-46-49-56(62)65-53-55(67-57(63)50-47-44-41-38-35-32-29-26-23-20-17-14-11-8-5-2)60-59(54(61)52-66-60)68-58(64)51-48-45-42-39-36-33-30-27-24-21-18-15-12-9-6-3/h25-30,54-55,59-61H,4-24,31-53H2,1-3H3/b28-25+,29-26+,30-27+/t54-,55+,59+,60-/m0/s1. The van der Waals surface area contributed by atoms with E-state index in [2.05, 4.69) is 57.2 Å². The van der Waals surface area contributed by atoms with E-state index in [-0.39, 0.29) is 38.4 Å². The summed E-state index contributed by atoms with van der Waals surface area (Å²) >= 11 is 0. The predicted octanol–water partition coefficient (Wildman–Crippen LogP) is 17.2. The van der Waals surface area contributed by atoms with Crippen LogP contribution in [0.5, 0.6) is 0 Å². The van der Waals surface area contributed by atoms with E-state index >= 15 is 0 Å². The highest BCUT2D eigenvalue weighted by Gasteiger charge is 2.46. The van der Waals surface area contributed by atoms with Crippen LogP contribution in [0.25, 0.3) is 0 Å². The lowest BCUT2D eigenvalue weighted by Gasteiger charge is -2.28. The fourth-order valence-electron chi connectivity index (χ4n) is 8.98. The molecule has 1 fully saturated rings. The van der Waals surface area contributed by atoms with Crippen molar-refractivity contribution in [2.45, 2.75) is 315 Å². The number of rotatable bonds is 50. The summed E-state index contributed by atoms with van der Waals surface area (Å²) in [6.45, 7) is 6.51. The molecule has 0 aliphatic carbocycles. The van der Waals surface area contributed by atoms with E-state index in [1.807, 2.05) is 0 Å². The molecule has 1 N–H and O–H groups in total. The molecule has 0 unspecified atom stereocenters. The number of aliphatic hydroxyl groups is 1. The smallest absolute Gasteiger partial charge is 0.306 e. The number of ether oxygens (including phenoxy) is 4. The van der Waals surface area contributed by atoms with Crippen LogP contribution in [0.2, 0.25) is 0 Å². The first kappa shape index (κ1) is 63.6. The Morgan fingerprint density at radius 2 is 0.750 bits per heavy atom. The van der Waals surface area contributed by atoms with Crippen LogP contribution in [0, 0.1) is 0 Å². The van der Waals surface area contributed by atoms with Crippen LogP contribution in [0.4, 0.5) is 0 Å². The maximum Gasteiger partial charge on any atom is 0.306 e. The summed E-state index contributed by atoms with van der Waals surface area (Å²) in [5.41, 5.74) is 0. The first-order chi connectivity index (χ1) is 33.4. The van der Waals surface area contributed by atoms with Gasteiger partial charge in [-0.25, -0.2) is 0 Å². The van der Waals surface area contributed by atoms with Gasteiger partial charge in [-0.3, -0.25) is 14.4 Å². The molecule has 0 spiro atoms. The van der Waals surface area contributed by atoms with Gasteiger partial charge in [0.2, 0.25) is 0 Å². The summed E-state index contributed by atoms with van der Waals surface area (Å²) in [6, 6.07) is 0. The molecule has 1 saturated heterocycles. The van der Waals surface area contributed by atoms with Crippen LogP contribution < -0.4 is 0 Å². The van der Waals surface area contributed by atoms with Gasteiger partial charge in [0.15, 0.2) is 12.2 Å². The lowest BCUT2D eigenvalue weighted by atomic mass is 10.1. The van der Waals surface area contributed by atoms with Crippen LogP contribution in [0.3, 0.4) is 0 Å². The first-order valence-electron chi connectivity index (χ1n) is 29.2. The lowest BCUT2D eigenvalue weighted by Crippen LogP contribution is -2.46. The largest absolute Gasteiger partial charge is 0.462 e. The highest BCUT2D eigenvalue weighted by molar-refractivity contribution is 5.71. The quantitative estimate of drug-likeness (QED) is 0.0278. The summed E-state index contributed by atoms with van der Waals surface area (Å²) in [4.78, 5) is 39.1. The van der Waals surface area contributed by atoms with Gasteiger partial charge in [0.05, 0.1) is 6.61 Å². The maximum atomic E-state index is 13.2. The van der Waals surface area contributed by atoms with E-state index in [1.54, 1.807) is 0 Å². The van der Waals surface area contributed by atoms with E-state index < -0.39 is 36.4 Å². The molecule has 4 atom stereocenters. The van der Waals surface area contributed by atoms with Crippen LogP contribution >= 0.6 is 0 Å². The minimum Gasteiger partial charge on any atom is -0.462 e. The van der Waals surface area contributed by atoms with E-state index in [0.717, 1.165) is 103 Å². The molecule has 1 aliphatic heterocycles. The van der Waals surface area contributed by atoms with Crippen molar-refractivity contribution in [2.75, 3.05) is 13.2 Å². The molecule has 1 heterocycles. The van der Waals surface area contributed by atoms with Gasteiger partial charge in [-0.1, -0.05) is 211 Å². The Labute approximate surface area is 419 Å². The number of carbonyl (C=O) groups is 3. The number of esters is 3. The van der Waals surface area contributed by atoms with E-state index in [1.165, 1.54) is 135 Å². The third kappa shape index (κ3) is 40.3. The molecular weight excluding hydrogens is 849 g/mol. The SMILES string of the molecule is CCCCCCCC/C=C/CCCCCCCC(=O)OC[C@@H](OC(=O)CCCCCCC/C=C/CCCCCCCC)[C@@H]1OC[C@H](O)[C@H]1OC(=O)CCCCCCC/C=C/CCCCCCCC. The van der Waals surface area contributed by atoms with E-state index in [4.69, 9.17) is 18.9 Å². The summed E-state index contributed by atoms with van der Waals surface area (Å²) in [5, 5.41) is 10.9. The molecule has 396 valence electrons. The highest BCUT2D eigenvalue weighted by atomic mass is 16.6. The first-order valence-corrected chi connectivity index (χ1v) is 29.2. The number of aliphatic hydroxyl groups excluding tert-OH is 1. The Morgan fingerprint density at radius 1 is 0.441 bits per heavy atom. The highest BCUT2D eigenvalue weighted by Crippen LogP contribution is 2.25. The second-order valence-corrected chi connectivity index (χ2v) is 20.0. The van der Waals surface area contributed by atoms with Crippen molar-refractivity contribution in [1.29, 1.82) is 0 Å². The number of allylic oxidation sites excluding steroid dienone is 6. The van der Waals surface area contributed by atoms with Crippen LogP contribution in [0.15, 0.2) is 36.5 Å². The average molecular weight is 958 g/mol. The molecule has 0 aromatic heterocycles. The number of hydrogen-bond donors (Lipinski definition) is 1. The fraction of sp³-hybridized carbons (Fsp3) is 0.850. The second-order valence-electron chi connectivity index (χ2n) is 20.0. The normalized spacial score (nSPS) is 16.7. The number of unbranched alkanes of at least 4 members (excludes halogenated alkanes) is 33. The van der Waals surface area contributed by atoms with Crippen molar-refractivity contribution < 1.29 is 38.4 Å². The summed E-state index contributed by atoms with van der Waals surface area (Å²) in [6.07, 6.45) is 56.7. The van der Waals surface area contributed by atoms with Gasteiger partial charge >= 0.3 is 17.9 Å². The monoisotopic (exact) mass is 957 g/mol. The summed E-state index contributed by atoms with van der Waals surface area (Å²) < 4.78 is 23.3. The Morgan fingerprint density at radius 3 is 1.12 bits per heavy atom. The van der Waals surface area contributed by atoms with E-state index in [0.29, 0.717) is 12.8 Å². The van der Waals surface area contributed by atoms with Crippen molar-refractivity contribution in [3.05, 3.63) is 36.5 Å². The molecule has 0 radical (unpaired) electrons. The number of carbonyl (C=O) groups excluding carboxylic acids is 3. The van der Waals surface area contributed by atoms with Gasteiger partial charge in [-0.15, -0.1) is 0 Å². The Hall–Kier alpha value is -2.45. The summed E-state index contributed by atoms with van der Waals surface area (Å²) in [5.74, 6) is -1.15. The van der Waals surface area contributed by atoms with Crippen LogP contribution in [-0.4, -0.2) is 60.6 Å². The van der Waals surface area contributed by atoms with Crippen molar-refractivity contribution in [1.82, 2.24) is 0 Å². The molecule has 0 amide bonds. The van der Waals surface area contributed by atoms with Crippen LogP contribution in [-0.2, 0) is 33.3 Å². The Bertz CT molecular complexity index is 1230. The molecule has 8 nitrogen and oxygen atoms in total. The van der Waals surface area contributed by atoms with Crippen molar-refractivity contribution in [3.63, 3.8) is 0 Å². The zero-order valence-electron chi connectivity index (χ0n) is 44.7. The molecule has 0 aromatic rings. The molecule has 0 saturated carbocycles. The number of hydrogen-bond acceptors (Lipinski definition) is 8. The lowest BCUT2D eigenvalue weighted by molar-refractivity contribution is -0.177. The van der Waals surface area contributed by atoms with Crippen molar-refractivity contribution in [2.24, 2.45) is 0 Å². The Kier molecular flexibility index (Phi) is 46.3. The van der Waals surface area contributed by atoms with Crippen molar-refractivity contribution >= 4 is 17.9 Å². The molecule has 68 heavy (non-hydrogen) atoms. The zero-order chi connectivity index (χ0) is 49.2. The second kappa shape index (κ2) is 49.5. The van der Waals surface area contributed by atoms with Crippen LogP contribution in [0.1, 0.15) is 290 Å². The average Bonchev–Trinajstić information content (AvgIpc) is 3.69. The zero-order valence-corrected chi connectivity index (χ0v) is 44.7. The third-order valence-electron chi connectivity index (χ3n) is 13.4. The van der Waals surface area contributed by atoms with Gasteiger partial charge < -0.3 is 24.1 Å². The predicted molar refractivity (Wildman–Crippen MR) is 285 cm³/mol. The topological polar surface area (TPSA) is 108 Å². The molecular formula is C60H108O8. The van der Waals surface area contributed by atoms with Gasteiger partial charge in [-0.2, -0.15) is 0 Å². The minimum atomic E-state index is -1.06. The summed E-state index contributed by atoms with van der Waals surface area (Å²) in [7, 11) is 0. The maximum absolute atomic E-state index is 13.2.